The summed E-state index contributed by atoms with van der Waals surface area (Å²) in [6.45, 7) is 1.90. The molecule has 1 atom stereocenters. The van der Waals surface area contributed by atoms with Crippen molar-refractivity contribution in [1.29, 1.82) is 0 Å². The molecule has 0 spiro atoms. The summed E-state index contributed by atoms with van der Waals surface area (Å²) in [5, 5.41) is 13.3. The molecule has 25 heavy (non-hydrogen) atoms. The fraction of sp³-hybridized carbons (Fsp3) is 0.238. The molecular weight excluding hydrogens is 310 g/mol. The lowest BCUT2D eigenvalue weighted by Gasteiger charge is -2.27. The van der Waals surface area contributed by atoms with E-state index in [4.69, 9.17) is 0 Å². The summed E-state index contributed by atoms with van der Waals surface area (Å²) in [4.78, 5) is 9.08. The maximum Gasteiger partial charge on any atom is 0.130 e. The third-order valence-electron chi connectivity index (χ3n) is 4.67. The van der Waals surface area contributed by atoms with Gasteiger partial charge in [-0.3, -0.25) is 0 Å². The second-order valence-electron chi connectivity index (χ2n) is 6.52. The quantitative estimate of drug-likeness (QED) is 0.733. The third kappa shape index (κ3) is 3.33. The van der Waals surface area contributed by atoms with Crippen LogP contribution in [0, 0.1) is 6.92 Å². The minimum atomic E-state index is 0.240. The lowest BCUT2D eigenvalue weighted by atomic mass is 9.88. The lowest BCUT2D eigenvalue weighted by molar-refractivity contribution is 0.475. The zero-order valence-electron chi connectivity index (χ0n) is 14.2. The zero-order chi connectivity index (χ0) is 17.2. The average molecular weight is 331 g/mol. The van der Waals surface area contributed by atoms with Gasteiger partial charge in [0, 0.05) is 11.6 Å². The Labute approximate surface area is 147 Å². The highest BCUT2D eigenvalue weighted by atomic mass is 16.3. The number of nitrogens with one attached hydrogen (secondary N) is 1. The van der Waals surface area contributed by atoms with Gasteiger partial charge in [0.2, 0.25) is 0 Å². The van der Waals surface area contributed by atoms with Gasteiger partial charge in [0.25, 0.3) is 0 Å². The molecule has 0 aliphatic heterocycles. The standard InChI is InChI=1S/C21H21N3O/c1-14-22-20(16-8-4-9-17(25)12-16)13-21(23-14)24-19-11-5-7-15-6-2-3-10-18(15)19/h2-4,6,8-10,12-13,19,25H,5,7,11H2,1H3,(H,22,23,24). The van der Waals surface area contributed by atoms with Gasteiger partial charge in [-0.25, -0.2) is 9.97 Å². The molecule has 0 fully saturated rings. The number of phenols is 1. The van der Waals surface area contributed by atoms with E-state index in [1.807, 2.05) is 25.1 Å². The first kappa shape index (κ1) is 15.6. The van der Waals surface area contributed by atoms with E-state index in [-0.39, 0.29) is 11.8 Å². The minimum absolute atomic E-state index is 0.240. The van der Waals surface area contributed by atoms with Gasteiger partial charge in [-0.05, 0) is 49.4 Å². The van der Waals surface area contributed by atoms with Crippen LogP contribution in [0.25, 0.3) is 11.3 Å². The van der Waals surface area contributed by atoms with Gasteiger partial charge in [0.1, 0.15) is 17.4 Å². The molecule has 2 N–H and O–H groups in total. The number of nitrogens with zero attached hydrogens (tertiary/aromatic N) is 2. The Morgan fingerprint density at radius 2 is 1.92 bits per heavy atom. The largest absolute Gasteiger partial charge is 0.508 e. The van der Waals surface area contributed by atoms with Crippen molar-refractivity contribution in [3.05, 3.63) is 71.5 Å². The van der Waals surface area contributed by atoms with E-state index in [0.717, 1.165) is 29.9 Å². The Balaban J connectivity index is 1.66. The summed E-state index contributed by atoms with van der Waals surface area (Å²) >= 11 is 0. The van der Waals surface area contributed by atoms with Crippen molar-refractivity contribution >= 4 is 5.82 Å². The van der Waals surface area contributed by atoms with E-state index in [1.54, 1.807) is 12.1 Å². The molecule has 0 saturated carbocycles. The molecule has 1 heterocycles. The molecule has 4 rings (SSSR count). The highest BCUT2D eigenvalue weighted by molar-refractivity contribution is 5.64. The number of fused-ring (bicyclic) bond motifs is 1. The van der Waals surface area contributed by atoms with E-state index < -0.39 is 0 Å². The van der Waals surface area contributed by atoms with Crippen LogP contribution < -0.4 is 5.32 Å². The summed E-state index contributed by atoms with van der Waals surface area (Å²) < 4.78 is 0. The summed E-state index contributed by atoms with van der Waals surface area (Å²) in [6.07, 6.45) is 3.42. The molecule has 0 saturated heterocycles. The van der Waals surface area contributed by atoms with Crippen LogP contribution in [0.1, 0.15) is 35.8 Å². The van der Waals surface area contributed by atoms with Crippen LogP contribution in [0.5, 0.6) is 5.75 Å². The van der Waals surface area contributed by atoms with E-state index in [0.29, 0.717) is 5.82 Å². The Morgan fingerprint density at radius 3 is 2.80 bits per heavy atom. The van der Waals surface area contributed by atoms with Crippen LogP contribution in [0.3, 0.4) is 0 Å². The molecule has 2 aromatic carbocycles. The smallest absolute Gasteiger partial charge is 0.130 e. The number of aromatic nitrogens is 2. The molecule has 1 aliphatic rings. The molecule has 1 aliphatic carbocycles. The maximum absolute atomic E-state index is 9.72. The van der Waals surface area contributed by atoms with Gasteiger partial charge in [-0.1, -0.05) is 36.4 Å². The van der Waals surface area contributed by atoms with Gasteiger partial charge in [-0.2, -0.15) is 0 Å². The number of hydrogen-bond donors (Lipinski definition) is 2. The zero-order valence-corrected chi connectivity index (χ0v) is 14.2. The van der Waals surface area contributed by atoms with Crippen LogP contribution >= 0.6 is 0 Å². The van der Waals surface area contributed by atoms with Crippen molar-refractivity contribution in [3.8, 4) is 17.0 Å². The Hall–Kier alpha value is -2.88. The summed E-state index contributed by atoms with van der Waals surface area (Å²) in [5.41, 5.74) is 4.49. The fourth-order valence-corrected chi connectivity index (χ4v) is 3.54. The Kier molecular flexibility index (Phi) is 4.10. The molecule has 4 heteroatoms. The number of benzene rings is 2. The summed E-state index contributed by atoms with van der Waals surface area (Å²) in [6, 6.07) is 18.0. The number of aromatic hydroxyl groups is 1. The van der Waals surface area contributed by atoms with Gasteiger partial charge < -0.3 is 10.4 Å². The topological polar surface area (TPSA) is 58.0 Å². The van der Waals surface area contributed by atoms with Gasteiger partial charge in [-0.15, -0.1) is 0 Å². The predicted molar refractivity (Wildman–Crippen MR) is 99.6 cm³/mol. The SMILES string of the molecule is Cc1nc(NC2CCCc3ccccc32)cc(-c2cccc(O)c2)n1. The molecule has 3 aromatic rings. The van der Waals surface area contributed by atoms with Crippen LogP contribution in [-0.4, -0.2) is 15.1 Å². The van der Waals surface area contributed by atoms with E-state index in [1.165, 1.54) is 17.5 Å². The Morgan fingerprint density at radius 1 is 1.04 bits per heavy atom. The fourth-order valence-electron chi connectivity index (χ4n) is 3.54. The molecule has 0 radical (unpaired) electrons. The molecule has 0 amide bonds. The molecular formula is C21H21N3O. The van der Waals surface area contributed by atoms with E-state index in [2.05, 4.69) is 39.6 Å². The van der Waals surface area contributed by atoms with Crippen LogP contribution in [0.4, 0.5) is 5.82 Å². The van der Waals surface area contributed by atoms with Crippen molar-refractivity contribution in [1.82, 2.24) is 9.97 Å². The highest BCUT2D eigenvalue weighted by Crippen LogP contribution is 2.32. The Bertz CT molecular complexity index is 907. The number of phenolic OH excluding ortho intramolecular Hbond substituents is 1. The second-order valence-corrected chi connectivity index (χ2v) is 6.52. The van der Waals surface area contributed by atoms with E-state index >= 15 is 0 Å². The predicted octanol–water partition coefficient (Wildman–Crippen LogP) is 4.65. The van der Waals surface area contributed by atoms with Gasteiger partial charge in [0.05, 0.1) is 11.7 Å². The third-order valence-corrected chi connectivity index (χ3v) is 4.67. The van der Waals surface area contributed by atoms with Gasteiger partial charge >= 0.3 is 0 Å². The van der Waals surface area contributed by atoms with Crippen LogP contribution in [0.2, 0.25) is 0 Å². The van der Waals surface area contributed by atoms with Crippen LogP contribution in [-0.2, 0) is 6.42 Å². The van der Waals surface area contributed by atoms with Crippen molar-refractivity contribution in [2.24, 2.45) is 0 Å². The van der Waals surface area contributed by atoms with E-state index in [9.17, 15) is 5.11 Å². The number of anilines is 1. The van der Waals surface area contributed by atoms with Crippen LogP contribution in [0.15, 0.2) is 54.6 Å². The average Bonchev–Trinajstić information content (AvgIpc) is 2.62. The van der Waals surface area contributed by atoms with Gasteiger partial charge in [0.15, 0.2) is 0 Å². The number of rotatable bonds is 3. The molecule has 1 aromatic heterocycles. The maximum atomic E-state index is 9.72. The summed E-state index contributed by atoms with van der Waals surface area (Å²) in [5.74, 6) is 1.78. The molecule has 4 nitrogen and oxygen atoms in total. The summed E-state index contributed by atoms with van der Waals surface area (Å²) in [7, 11) is 0. The molecule has 0 bridgehead atoms. The molecule has 126 valence electrons. The minimum Gasteiger partial charge on any atom is -0.508 e. The second kappa shape index (κ2) is 6.55. The number of hydrogen-bond acceptors (Lipinski definition) is 4. The molecule has 1 unspecified atom stereocenters. The normalized spacial score (nSPS) is 16.3. The highest BCUT2D eigenvalue weighted by Gasteiger charge is 2.20. The number of aryl methyl sites for hydroxylation is 2. The van der Waals surface area contributed by atoms with Crippen molar-refractivity contribution < 1.29 is 5.11 Å². The first-order valence-electron chi connectivity index (χ1n) is 8.68. The van der Waals surface area contributed by atoms with Crippen molar-refractivity contribution in [2.45, 2.75) is 32.2 Å². The van der Waals surface area contributed by atoms with Crippen molar-refractivity contribution in [3.63, 3.8) is 0 Å². The van der Waals surface area contributed by atoms with Crippen molar-refractivity contribution in [2.75, 3.05) is 5.32 Å². The lowest BCUT2D eigenvalue weighted by Crippen LogP contribution is -2.18. The first-order valence-corrected chi connectivity index (χ1v) is 8.68. The first-order chi connectivity index (χ1) is 12.2. The monoisotopic (exact) mass is 331 g/mol.